The topological polar surface area (TPSA) is 163 Å². The van der Waals surface area contributed by atoms with E-state index in [2.05, 4.69) is 97.9 Å². The molecule has 0 spiro atoms. The molecule has 0 saturated carbocycles. The van der Waals surface area contributed by atoms with Gasteiger partial charge in [0.1, 0.15) is 5.60 Å². The number of rotatable bonds is 9. The molecule has 332 valence electrons. The number of piperidine rings is 2. The summed E-state index contributed by atoms with van der Waals surface area (Å²) in [6.45, 7) is 15.7. The molecular formula is C51H64N8O4. The van der Waals surface area contributed by atoms with Crippen LogP contribution in [0, 0.1) is 11.8 Å². The molecule has 2 aromatic heterocycles. The molecular weight excluding hydrogens is 789 g/mol. The Hall–Kier alpha value is -5.69. The summed E-state index contributed by atoms with van der Waals surface area (Å²) >= 11 is 0. The second-order valence-corrected chi connectivity index (χ2v) is 19.2. The van der Waals surface area contributed by atoms with Crippen LogP contribution in [0.3, 0.4) is 0 Å². The number of carbonyl (C=O) groups is 1. The molecule has 0 bridgehead atoms. The fourth-order valence-corrected chi connectivity index (χ4v) is 8.79. The minimum atomic E-state index is -1.07. The maximum Gasteiger partial charge on any atom is 0.407 e. The van der Waals surface area contributed by atoms with Gasteiger partial charge in [0.05, 0.1) is 28.6 Å². The zero-order chi connectivity index (χ0) is 44.9. The summed E-state index contributed by atoms with van der Waals surface area (Å²) < 4.78 is 5.44. The molecule has 2 fully saturated rings. The molecule has 2 aliphatic heterocycles. The van der Waals surface area contributed by atoms with Crippen molar-refractivity contribution < 1.29 is 19.7 Å². The molecule has 2 saturated heterocycles. The molecule has 4 aromatic carbocycles. The van der Waals surface area contributed by atoms with Crippen LogP contribution in [-0.4, -0.2) is 91.3 Å². The number of hydrogen-bond acceptors (Lipinski definition) is 11. The van der Waals surface area contributed by atoms with Gasteiger partial charge in [-0.05, 0) is 132 Å². The van der Waals surface area contributed by atoms with Crippen LogP contribution in [0.15, 0.2) is 109 Å². The van der Waals surface area contributed by atoms with Crippen molar-refractivity contribution in [1.82, 2.24) is 25.3 Å². The molecule has 1 amide bonds. The smallest absolute Gasteiger partial charge is 0.407 e. The van der Waals surface area contributed by atoms with Crippen molar-refractivity contribution in [2.45, 2.75) is 103 Å². The van der Waals surface area contributed by atoms with E-state index < -0.39 is 28.9 Å². The van der Waals surface area contributed by atoms with Crippen molar-refractivity contribution in [2.75, 3.05) is 36.0 Å². The van der Waals surface area contributed by atoms with E-state index in [1.54, 1.807) is 27.7 Å². The van der Waals surface area contributed by atoms with Crippen LogP contribution >= 0.6 is 0 Å². The summed E-state index contributed by atoms with van der Waals surface area (Å²) in [5, 5.41) is 28.7. The fourth-order valence-electron chi connectivity index (χ4n) is 8.79. The predicted molar refractivity (Wildman–Crippen MR) is 254 cm³/mol. The van der Waals surface area contributed by atoms with E-state index in [0.717, 1.165) is 80.3 Å². The van der Waals surface area contributed by atoms with Gasteiger partial charge in [0.2, 0.25) is 11.9 Å². The van der Waals surface area contributed by atoms with Crippen molar-refractivity contribution in [1.29, 1.82) is 0 Å². The minimum absolute atomic E-state index is 0.113. The Labute approximate surface area is 372 Å². The monoisotopic (exact) mass is 853 g/mol. The predicted octanol–water partition coefficient (Wildman–Crippen LogP) is 8.79. The molecule has 8 rings (SSSR count). The third-order valence-corrected chi connectivity index (χ3v) is 12.2. The highest BCUT2D eigenvalue weighted by Crippen LogP contribution is 2.32. The molecule has 12 nitrogen and oxygen atoms in total. The number of aromatic nitrogens is 4. The molecule has 0 aliphatic carbocycles. The van der Waals surface area contributed by atoms with Gasteiger partial charge in [0, 0.05) is 55.7 Å². The highest BCUT2D eigenvalue weighted by molar-refractivity contribution is 5.87. The van der Waals surface area contributed by atoms with Crippen LogP contribution < -0.4 is 20.9 Å². The molecule has 4 heterocycles. The van der Waals surface area contributed by atoms with Gasteiger partial charge in [-0.1, -0.05) is 72.8 Å². The van der Waals surface area contributed by atoms with Gasteiger partial charge in [0.25, 0.3) is 0 Å². The van der Waals surface area contributed by atoms with Crippen LogP contribution in [0.5, 0.6) is 0 Å². The lowest BCUT2D eigenvalue weighted by Crippen LogP contribution is -2.56. The summed E-state index contributed by atoms with van der Waals surface area (Å²) in [6, 6.07) is 32.7. The molecule has 2 aliphatic rings. The first-order valence-corrected chi connectivity index (χ1v) is 22.3. The van der Waals surface area contributed by atoms with Crippen LogP contribution in [0.4, 0.5) is 16.7 Å². The standard InChI is InChI=1S/C28H36N4O3.C23H28N4O/c1-27(2,3)35-26(33)31-24(28(4,5)34)20-13-16-32(17-14-20)25-29-15-12-23(30-25)22-11-10-19-8-6-7-9-21(19)18-22;1-23(2,28)21(24)17-10-13-27(14-11-17)22-25-12-9-20(26-22)19-8-7-16-5-3-4-6-18(16)15-19/h6-12,15,18,20,24,34H,13-14,16-17H2,1-5H3,(H,31,33);3-9,12,15,17,21,28H,10-11,13-14,24H2,1-2H3/t24-;21-/m11/s1. The molecule has 5 N–H and O–H groups in total. The first-order chi connectivity index (χ1) is 29.9. The number of nitrogens with zero attached hydrogens (tertiary/aromatic N) is 6. The lowest BCUT2D eigenvalue weighted by atomic mass is 9.81. The summed E-state index contributed by atoms with van der Waals surface area (Å²) in [6.07, 6.45) is 6.62. The molecule has 0 unspecified atom stereocenters. The van der Waals surface area contributed by atoms with Crippen LogP contribution in [0.2, 0.25) is 0 Å². The van der Waals surface area contributed by atoms with E-state index in [1.807, 2.05) is 57.4 Å². The summed E-state index contributed by atoms with van der Waals surface area (Å²) in [7, 11) is 0. The number of nitrogens with one attached hydrogen (secondary N) is 1. The number of hydrogen-bond donors (Lipinski definition) is 4. The Kier molecular flexibility index (Phi) is 13.6. The third-order valence-electron chi connectivity index (χ3n) is 12.2. The Morgan fingerprint density at radius 1 is 0.635 bits per heavy atom. The summed E-state index contributed by atoms with van der Waals surface area (Å²) in [5.74, 6) is 1.90. The molecule has 6 aromatic rings. The number of ether oxygens (including phenoxy) is 1. The van der Waals surface area contributed by atoms with Gasteiger partial charge in [-0.2, -0.15) is 0 Å². The molecule has 12 heteroatoms. The van der Waals surface area contributed by atoms with Gasteiger partial charge in [-0.25, -0.2) is 24.7 Å². The van der Waals surface area contributed by atoms with Crippen molar-refractivity contribution in [3.8, 4) is 22.5 Å². The molecule has 2 atom stereocenters. The van der Waals surface area contributed by atoms with E-state index in [9.17, 15) is 15.0 Å². The van der Waals surface area contributed by atoms with Gasteiger partial charge in [-0.3, -0.25) is 0 Å². The first kappa shape index (κ1) is 45.3. The van der Waals surface area contributed by atoms with Crippen molar-refractivity contribution in [3.05, 3.63) is 109 Å². The third kappa shape index (κ3) is 11.7. The average molecular weight is 853 g/mol. The Bertz CT molecular complexity index is 2480. The zero-order valence-corrected chi connectivity index (χ0v) is 37.8. The maximum absolute atomic E-state index is 12.4. The zero-order valence-electron chi connectivity index (χ0n) is 37.8. The number of aliphatic hydroxyl groups is 2. The summed E-state index contributed by atoms with van der Waals surface area (Å²) in [4.78, 5) is 35.5. The Morgan fingerprint density at radius 2 is 1.06 bits per heavy atom. The number of anilines is 2. The highest BCUT2D eigenvalue weighted by atomic mass is 16.6. The van der Waals surface area contributed by atoms with Gasteiger partial charge in [-0.15, -0.1) is 0 Å². The van der Waals surface area contributed by atoms with Crippen LogP contribution in [-0.2, 0) is 4.74 Å². The molecule has 0 radical (unpaired) electrons. The second kappa shape index (κ2) is 19.0. The number of nitrogens with two attached hydrogens (primary N) is 1. The number of alkyl carbamates (subject to hydrolysis) is 1. The van der Waals surface area contributed by atoms with E-state index in [0.29, 0.717) is 11.9 Å². The van der Waals surface area contributed by atoms with E-state index in [1.165, 1.54) is 21.5 Å². The van der Waals surface area contributed by atoms with Crippen molar-refractivity contribution in [3.63, 3.8) is 0 Å². The average Bonchev–Trinajstić information content (AvgIpc) is 3.27. The first-order valence-electron chi connectivity index (χ1n) is 22.3. The summed E-state index contributed by atoms with van der Waals surface area (Å²) in [5.41, 5.74) is 7.73. The largest absolute Gasteiger partial charge is 0.444 e. The maximum atomic E-state index is 12.4. The SMILES string of the molecule is CC(C)(C)OC(=O)N[C@H](C1CCN(c2nccc(-c3ccc4ccccc4c3)n2)CC1)C(C)(C)O.CC(C)(O)[C@H](N)C1CCN(c2nccc(-c3ccc4ccccc4c3)n2)CC1. The van der Waals surface area contributed by atoms with Crippen molar-refractivity contribution in [2.24, 2.45) is 17.6 Å². The quantitative estimate of drug-likeness (QED) is 0.110. The van der Waals surface area contributed by atoms with E-state index >= 15 is 0 Å². The lowest BCUT2D eigenvalue weighted by molar-refractivity contribution is -0.00338. The van der Waals surface area contributed by atoms with Crippen molar-refractivity contribution >= 4 is 39.5 Å². The molecule has 63 heavy (non-hydrogen) atoms. The highest BCUT2D eigenvalue weighted by Gasteiger charge is 2.38. The van der Waals surface area contributed by atoms with E-state index in [-0.39, 0.29) is 12.0 Å². The van der Waals surface area contributed by atoms with Gasteiger partial charge < -0.3 is 35.8 Å². The normalized spacial score (nSPS) is 16.6. The minimum Gasteiger partial charge on any atom is -0.444 e. The number of fused-ring (bicyclic) bond motifs is 2. The Balaban J connectivity index is 0.000000193. The fraction of sp³-hybridized carbons (Fsp3) is 0.431. The lowest BCUT2D eigenvalue weighted by Gasteiger charge is -2.41. The van der Waals surface area contributed by atoms with Gasteiger partial charge >= 0.3 is 6.09 Å². The second-order valence-electron chi connectivity index (χ2n) is 19.2. The number of benzene rings is 4. The number of carbonyl (C=O) groups excluding carboxylic acids is 1. The Morgan fingerprint density at radius 3 is 1.48 bits per heavy atom. The van der Waals surface area contributed by atoms with Crippen LogP contribution in [0.1, 0.15) is 74.1 Å². The van der Waals surface area contributed by atoms with E-state index in [4.69, 9.17) is 20.4 Å². The van der Waals surface area contributed by atoms with Crippen LogP contribution in [0.25, 0.3) is 44.1 Å². The number of amides is 1. The van der Waals surface area contributed by atoms with Gasteiger partial charge in [0.15, 0.2) is 0 Å².